The van der Waals surface area contributed by atoms with Gasteiger partial charge in [0, 0.05) is 16.0 Å². The predicted octanol–water partition coefficient (Wildman–Crippen LogP) is 4.03. The van der Waals surface area contributed by atoms with E-state index in [1.54, 1.807) is 24.3 Å². The zero-order valence-corrected chi connectivity index (χ0v) is 14.9. The van der Waals surface area contributed by atoms with Crippen molar-refractivity contribution in [1.29, 1.82) is 0 Å². The van der Waals surface area contributed by atoms with E-state index in [0.29, 0.717) is 12.0 Å². The van der Waals surface area contributed by atoms with Gasteiger partial charge in [-0.05, 0) is 48.2 Å². The van der Waals surface area contributed by atoms with E-state index in [4.69, 9.17) is 0 Å². The zero-order valence-electron chi connectivity index (χ0n) is 13.3. The van der Waals surface area contributed by atoms with Crippen molar-refractivity contribution in [2.45, 2.75) is 18.5 Å². The molecule has 0 saturated heterocycles. The van der Waals surface area contributed by atoms with Gasteiger partial charge in [-0.3, -0.25) is 20.4 Å². The van der Waals surface area contributed by atoms with E-state index >= 15 is 0 Å². The van der Waals surface area contributed by atoms with Crippen LogP contribution in [0.3, 0.4) is 0 Å². The summed E-state index contributed by atoms with van der Waals surface area (Å²) < 4.78 is 40.0. The summed E-state index contributed by atoms with van der Waals surface area (Å²) in [6.45, 7) is 0. The molecule has 1 saturated carbocycles. The van der Waals surface area contributed by atoms with E-state index < -0.39 is 35.4 Å². The van der Waals surface area contributed by atoms with Crippen LogP contribution in [0.5, 0.6) is 0 Å². The van der Waals surface area contributed by atoms with Crippen LogP contribution in [0.15, 0.2) is 53.0 Å². The van der Waals surface area contributed by atoms with Crippen LogP contribution in [0.4, 0.5) is 13.2 Å². The van der Waals surface area contributed by atoms with Gasteiger partial charge in [0.1, 0.15) is 0 Å². The van der Waals surface area contributed by atoms with E-state index in [0.717, 1.165) is 10.5 Å². The quantitative estimate of drug-likeness (QED) is 0.727. The standard InChI is InChI=1S/C18H14BrF3N2O2/c19-11-7-5-10(6-8-11)16(25)23-24-17(26)14-9-13(14)12-3-1-2-4-15(12)18(20,21)22/h1-8,13-14H,9H2,(H,23,25)(H,24,26). The highest BCUT2D eigenvalue weighted by Crippen LogP contribution is 2.50. The number of hydrogen-bond donors (Lipinski definition) is 2. The fourth-order valence-electron chi connectivity index (χ4n) is 2.79. The summed E-state index contributed by atoms with van der Waals surface area (Å²) in [7, 11) is 0. The van der Waals surface area contributed by atoms with Gasteiger partial charge in [0.25, 0.3) is 5.91 Å². The molecule has 2 amide bonds. The van der Waals surface area contributed by atoms with Gasteiger partial charge in [-0.1, -0.05) is 34.1 Å². The molecule has 136 valence electrons. The first-order valence-electron chi connectivity index (χ1n) is 7.79. The summed E-state index contributed by atoms with van der Waals surface area (Å²) in [5.74, 6) is -2.10. The van der Waals surface area contributed by atoms with Crippen LogP contribution in [-0.2, 0) is 11.0 Å². The zero-order chi connectivity index (χ0) is 18.9. The van der Waals surface area contributed by atoms with E-state index in [1.165, 1.54) is 18.2 Å². The lowest BCUT2D eigenvalue weighted by atomic mass is 10.0. The van der Waals surface area contributed by atoms with E-state index in [-0.39, 0.29) is 5.56 Å². The summed E-state index contributed by atoms with van der Waals surface area (Å²) in [4.78, 5) is 24.1. The molecule has 4 nitrogen and oxygen atoms in total. The van der Waals surface area contributed by atoms with E-state index in [2.05, 4.69) is 26.8 Å². The average Bonchev–Trinajstić information content (AvgIpc) is 3.40. The summed E-state index contributed by atoms with van der Waals surface area (Å²) in [6.07, 6.45) is -4.15. The highest BCUT2D eigenvalue weighted by atomic mass is 79.9. The van der Waals surface area contributed by atoms with Crippen molar-refractivity contribution >= 4 is 27.7 Å². The number of carbonyl (C=O) groups excluding carboxylic acids is 2. The van der Waals surface area contributed by atoms with Crippen LogP contribution >= 0.6 is 15.9 Å². The Morgan fingerprint density at radius 1 is 1.00 bits per heavy atom. The monoisotopic (exact) mass is 426 g/mol. The van der Waals surface area contributed by atoms with E-state index in [1.807, 2.05) is 0 Å². The van der Waals surface area contributed by atoms with Gasteiger partial charge in [0.15, 0.2) is 0 Å². The molecule has 0 spiro atoms. The molecule has 3 rings (SSSR count). The average molecular weight is 427 g/mol. The molecule has 0 heterocycles. The lowest BCUT2D eigenvalue weighted by molar-refractivity contribution is -0.138. The van der Waals surface area contributed by atoms with Crippen molar-refractivity contribution in [3.8, 4) is 0 Å². The Hall–Kier alpha value is -2.35. The fourth-order valence-corrected chi connectivity index (χ4v) is 3.06. The largest absolute Gasteiger partial charge is 0.416 e. The number of nitrogens with one attached hydrogen (secondary N) is 2. The van der Waals surface area contributed by atoms with Crippen molar-refractivity contribution in [2.24, 2.45) is 5.92 Å². The molecular weight excluding hydrogens is 413 g/mol. The molecule has 0 bridgehead atoms. The molecule has 0 radical (unpaired) electrons. The van der Waals surface area contributed by atoms with Crippen molar-refractivity contribution in [1.82, 2.24) is 10.9 Å². The number of hydrogen-bond acceptors (Lipinski definition) is 2. The number of halogens is 4. The Labute approximate surface area is 155 Å². The Bertz CT molecular complexity index is 837. The minimum Gasteiger partial charge on any atom is -0.273 e. The molecule has 2 aromatic rings. The summed E-state index contributed by atoms with van der Waals surface area (Å²) in [5, 5.41) is 0. The van der Waals surface area contributed by atoms with Crippen LogP contribution in [0, 0.1) is 5.92 Å². The molecule has 1 fully saturated rings. The van der Waals surface area contributed by atoms with Crippen LogP contribution in [-0.4, -0.2) is 11.8 Å². The van der Waals surface area contributed by atoms with Gasteiger partial charge >= 0.3 is 6.18 Å². The molecule has 26 heavy (non-hydrogen) atoms. The van der Waals surface area contributed by atoms with Gasteiger partial charge in [0.05, 0.1) is 5.56 Å². The number of benzene rings is 2. The lowest BCUT2D eigenvalue weighted by Crippen LogP contribution is -2.42. The van der Waals surface area contributed by atoms with Gasteiger partial charge in [-0.25, -0.2) is 0 Å². The second-order valence-corrected chi connectivity index (χ2v) is 6.90. The Morgan fingerprint density at radius 3 is 2.31 bits per heavy atom. The van der Waals surface area contributed by atoms with E-state index in [9.17, 15) is 22.8 Å². The first-order valence-corrected chi connectivity index (χ1v) is 8.58. The number of amides is 2. The summed E-state index contributed by atoms with van der Waals surface area (Å²) >= 11 is 3.25. The maximum Gasteiger partial charge on any atom is 0.416 e. The molecule has 1 aliphatic carbocycles. The number of rotatable bonds is 3. The Morgan fingerprint density at radius 2 is 1.65 bits per heavy atom. The molecule has 1 aliphatic rings. The number of alkyl halides is 3. The second-order valence-electron chi connectivity index (χ2n) is 5.98. The first kappa shape index (κ1) is 18.4. The second kappa shape index (κ2) is 7.11. The van der Waals surface area contributed by atoms with Gasteiger partial charge < -0.3 is 0 Å². The Kier molecular flexibility index (Phi) is 5.04. The summed E-state index contributed by atoms with van der Waals surface area (Å²) in [6, 6.07) is 11.8. The fraction of sp³-hybridized carbons (Fsp3) is 0.222. The smallest absolute Gasteiger partial charge is 0.273 e. The molecule has 0 aliphatic heterocycles. The third kappa shape index (κ3) is 4.07. The molecule has 2 unspecified atom stereocenters. The molecule has 0 aromatic heterocycles. The molecular formula is C18H14BrF3N2O2. The van der Waals surface area contributed by atoms with Crippen molar-refractivity contribution in [3.05, 3.63) is 69.7 Å². The van der Waals surface area contributed by atoms with Gasteiger partial charge in [-0.2, -0.15) is 13.2 Å². The first-order chi connectivity index (χ1) is 12.3. The molecule has 2 atom stereocenters. The minimum absolute atomic E-state index is 0.111. The van der Waals surface area contributed by atoms with Crippen LogP contribution in [0.25, 0.3) is 0 Å². The SMILES string of the molecule is O=C(NNC(=O)C1CC1c1ccccc1C(F)(F)F)c1ccc(Br)cc1. The van der Waals surface area contributed by atoms with Crippen molar-refractivity contribution in [3.63, 3.8) is 0 Å². The minimum atomic E-state index is -4.46. The van der Waals surface area contributed by atoms with Crippen molar-refractivity contribution in [2.75, 3.05) is 0 Å². The molecule has 2 N–H and O–H groups in total. The lowest BCUT2D eigenvalue weighted by Gasteiger charge is -2.12. The highest BCUT2D eigenvalue weighted by Gasteiger charge is 2.47. The Balaban J connectivity index is 1.60. The van der Waals surface area contributed by atoms with Gasteiger partial charge in [0.2, 0.25) is 5.91 Å². The van der Waals surface area contributed by atoms with Crippen LogP contribution in [0.1, 0.15) is 33.8 Å². The number of carbonyl (C=O) groups is 2. The van der Waals surface area contributed by atoms with Gasteiger partial charge in [-0.15, -0.1) is 0 Å². The van der Waals surface area contributed by atoms with Crippen molar-refractivity contribution < 1.29 is 22.8 Å². The third-order valence-electron chi connectivity index (χ3n) is 4.20. The number of hydrazine groups is 1. The highest BCUT2D eigenvalue weighted by molar-refractivity contribution is 9.10. The topological polar surface area (TPSA) is 58.2 Å². The maximum absolute atomic E-state index is 13.1. The maximum atomic E-state index is 13.1. The summed E-state index contributed by atoms with van der Waals surface area (Å²) in [5.41, 5.74) is 4.30. The normalized spacial score (nSPS) is 18.9. The van der Waals surface area contributed by atoms with Crippen LogP contribution < -0.4 is 10.9 Å². The predicted molar refractivity (Wildman–Crippen MR) is 92.0 cm³/mol. The molecule has 2 aromatic carbocycles. The third-order valence-corrected chi connectivity index (χ3v) is 4.73. The molecule has 8 heteroatoms. The van der Waals surface area contributed by atoms with Crippen LogP contribution in [0.2, 0.25) is 0 Å².